The summed E-state index contributed by atoms with van der Waals surface area (Å²) in [5.74, 6) is -4.50. The molecule has 2 amide bonds. The van der Waals surface area contributed by atoms with Crippen LogP contribution in [-0.4, -0.2) is 27.0 Å². The van der Waals surface area contributed by atoms with Crippen LogP contribution in [0.3, 0.4) is 0 Å². The van der Waals surface area contributed by atoms with Crippen LogP contribution >= 0.6 is 34.7 Å². The minimum absolute atomic E-state index is 0.0917. The fourth-order valence-corrected chi connectivity index (χ4v) is 11.4. The number of thiazole rings is 1. The van der Waals surface area contributed by atoms with Crippen molar-refractivity contribution in [3.8, 4) is 5.75 Å². The van der Waals surface area contributed by atoms with Crippen LogP contribution in [0.25, 0.3) is 0 Å². The van der Waals surface area contributed by atoms with E-state index >= 15 is 0 Å². The van der Waals surface area contributed by atoms with Gasteiger partial charge >= 0.3 is 11.0 Å². The average molecular weight is 714 g/mol. The smallest absolute Gasteiger partial charge is 0.418 e. The number of non-ortho nitro benzene ring substituents is 1. The molecule has 15 heteroatoms. The number of aromatic amines is 1. The normalized spacial score (nSPS) is 27.2. The van der Waals surface area contributed by atoms with E-state index in [4.69, 9.17) is 16.3 Å². The van der Waals surface area contributed by atoms with Crippen molar-refractivity contribution in [3.63, 3.8) is 0 Å². The zero-order valence-electron chi connectivity index (χ0n) is 24.5. The predicted octanol–water partition coefficient (Wildman–Crippen LogP) is 7.27. The molecule has 2 aliphatic heterocycles. The fraction of sp³-hybridized carbons (Fsp3) is 0.303. The quantitative estimate of drug-likeness (QED) is 0.127. The number of carbonyl (C=O) groups excluding carboxylic acids is 2. The maximum atomic E-state index is 14.1. The second-order valence-electron chi connectivity index (χ2n) is 12.4. The molecule has 246 valence electrons. The molecule has 1 N–H and O–H groups in total. The van der Waals surface area contributed by atoms with E-state index in [0.717, 1.165) is 29.0 Å². The number of nitrogens with zero attached hydrogens (tertiary/aromatic N) is 2. The van der Waals surface area contributed by atoms with Crippen LogP contribution in [0.5, 0.6) is 5.75 Å². The van der Waals surface area contributed by atoms with Crippen molar-refractivity contribution in [2.45, 2.75) is 35.4 Å². The summed E-state index contributed by atoms with van der Waals surface area (Å²) in [6.07, 6.45) is -4.31. The Morgan fingerprint density at radius 3 is 2.48 bits per heavy atom. The third-order valence-corrected chi connectivity index (χ3v) is 12.8. The molecule has 1 saturated heterocycles. The Morgan fingerprint density at radius 2 is 1.75 bits per heavy atom. The number of para-hydroxylation sites is 1. The molecule has 3 fully saturated rings. The van der Waals surface area contributed by atoms with Crippen LogP contribution < -0.4 is 14.5 Å². The van der Waals surface area contributed by atoms with Gasteiger partial charge in [0.25, 0.3) is 5.69 Å². The van der Waals surface area contributed by atoms with Crippen molar-refractivity contribution in [3.05, 3.63) is 113 Å². The van der Waals surface area contributed by atoms with Crippen LogP contribution in [-0.2, 0) is 22.4 Å². The maximum Gasteiger partial charge on any atom is 0.418 e. The average Bonchev–Trinajstić information content (AvgIpc) is 3.78. The van der Waals surface area contributed by atoms with Crippen LogP contribution in [0.1, 0.15) is 33.9 Å². The number of H-pyrrole nitrogens is 1. The highest BCUT2D eigenvalue weighted by atomic mass is 35.5. The van der Waals surface area contributed by atoms with Gasteiger partial charge in [-0.05, 0) is 60.1 Å². The lowest BCUT2D eigenvalue weighted by atomic mass is 9.68. The number of carbonyl (C=O) groups is 2. The summed E-state index contributed by atoms with van der Waals surface area (Å²) >= 11 is 8.54. The molecule has 8 rings (SSSR count). The van der Waals surface area contributed by atoms with Crippen LogP contribution in [0.4, 0.5) is 24.5 Å². The van der Waals surface area contributed by atoms with Crippen molar-refractivity contribution in [1.29, 1.82) is 0 Å². The number of nitro benzene ring substituents is 1. The third kappa shape index (κ3) is 4.78. The zero-order chi connectivity index (χ0) is 33.6. The second kappa shape index (κ2) is 11.2. The van der Waals surface area contributed by atoms with Crippen molar-refractivity contribution < 1.29 is 32.4 Å². The van der Waals surface area contributed by atoms with E-state index in [1.165, 1.54) is 42.1 Å². The number of aromatic nitrogens is 1. The number of thioether (sulfide) groups is 1. The topological polar surface area (TPSA) is 123 Å². The molecule has 0 radical (unpaired) electrons. The highest BCUT2D eigenvalue weighted by Crippen LogP contribution is 2.69. The van der Waals surface area contributed by atoms with E-state index in [0.29, 0.717) is 37.6 Å². The van der Waals surface area contributed by atoms with Crippen molar-refractivity contribution in [2.75, 3.05) is 4.90 Å². The van der Waals surface area contributed by atoms with Crippen molar-refractivity contribution >= 4 is 57.9 Å². The van der Waals surface area contributed by atoms with Gasteiger partial charge in [0, 0.05) is 38.8 Å². The summed E-state index contributed by atoms with van der Waals surface area (Å²) in [5, 5.41) is 12.8. The lowest BCUT2D eigenvalue weighted by Gasteiger charge is -2.43. The summed E-state index contributed by atoms with van der Waals surface area (Å²) in [6.45, 7) is 0.0917. The highest BCUT2D eigenvalue weighted by Gasteiger charge is 2.70. The molecular weight excluding hydrogens is 691 g/mol. The summed E-state index contributed by atoms with van der Waals surface area (Å²) in [7, 11) is 0. The Kier molecular flexibility index (Phi) is 7.27. The van der Waals surface area contributed by atoms with Gasteiger partial charge < -0.3 is 9.72 Å². The van der Waals surface area contributed by atoms with Crippen molar-refractivity contribution in [1.82, 2.24) is 4.98 Å². The number of alkyl halides is 3. The standard InChI is InChI=1S/C33H23ClF3N3O6S2/c34-15-5-3-4-14(10-15)13-46-22-9-8-16(40(44)45)11-17(22)23-24-18-12-19(27(24)47-29-28(23)48-32(43)38-29)26-25(18)30(41)39(31(26)42)21-7-2-1-6-20(21)33(35,36)37/h1-11,18-19,23-27H,12-13H2,(H,38,43)/t18?,19?,23-,24?,25?,26?,27?/m1/s1. The molecule has 48 heavy (non-hydrogen) atoms. The van der Waals surface area contributed by atoms with E-state index in [1.54, 1.807) is 18.2 Å². The van der Waals surface area contributed by atoms with Crippen LogP contribution in [0, 0.1) is 39.7 Å². The predicted molar refractivity (Wildman–Crippen MR) is 171 cm³/mol. The number of hydrogen-bond donors (Lipinski definition) is 1. The van der Waals surface area contributed by atoms with Gasteiger partial charge in [-0.3, -0.25) is 24.5 Å². The lowest BCUT2D eigenvalue weighted by molar-refractivity contribution is -0.385. The highest BCUT2D eigenvalue weighted by molar-refractivity contribution is 8.00. The Balaban J connectivity index is 1.22. The molecule has 2 aliphatic carbocycles. The number of anilines is 1. The van der Waals surface area contributed by atoms with E-state index in [2.05, 4.69) is 4.98 Å². The fourth-order valence-electron chi connectivity index (χ4n) is 8.32. The first kappa shape index (κ1) is 31.1. The number of nitrogens with one attached hydrogen (secondary N) is 1. The maximum absolute atomic E-state index is 14.1. The number of benzene rings is 3. The summed E-state index contributed by atoms with van der Waals surface area (Å²) < 4.78 is 48.3. The minimum Gasteiger partial charge on any atom is -0.489 e. The van der Waals surface area contributed by atoms with Gasteiger partial charge in [0.2, 0.25) is 11.8 Å². The molecule has 6 unspecified atom stereocenters. The van der Waals surface area contributed by atoms with Crippen LogP contribution in [0.2, 0.25) is 5.02 Å². The summed E-state index contributed by atoms with van der Waals surface area (Å²) in [4.78, 5) is 56.1. The minimum atomic E-state index is -4.79. The molecule has 3 aromatic carbocycles. The number of halogens is 4. The van der Waals surface area contributed by atoms with Gasteiger partial charge in [-0.1, -0.05) is 47.2 Å². The Bertz CT molecular complexity index is 2090. The number of fused-ring (bicyclic) bond motifs is 9. The first-order valence-corrected chi connectivity index (χ1v) is 17.1. The first-order valence-electron chi connectivity index (χ1n) is 15.0. The third-order valence-electron chi connectivity index (χ3n) is 10.00. The largest absolute Gasteiger partial charge is 0.489 e. The number of nitro groups is 1. The molecule has 3 heterocycles. The molecule has 1 aromatic heterocycles. The molecule has 7 atom stereocenters. The summed E-state index contributed by atoms with van der Waals surface area (Å²) in [6, 6.07) is 15.9. The Morgan fingerprint density at radius 1 is 1.00 bits per heavy atom. The molecule has 2 bridgehead atoms. The number of imide groups is 1. The monoisotopic (exact) mass is 713 g/mol. The number of ether oxygens (including phenoxy) is 1. The van der Waals surface area contributed by atoms with Gasteiger partial charge in [-0.25, -0.2) is 4.90 Å². The molecule has 4 aromatic rings. The summed E-state index contributed by atoms with van der Waals surface area (Å²) in [5.41, 5.74) is -0.533. The Hall–Kier alpha value is -4.14. The molecule has 4 aliphatic rings. The molecule has 0 spiro atoms. The SMILES string of the molecule is O=C1C2C3CC(C2C(=O)N1c1ccccc1C(F)(F)F)C1C3Sc2[nH]c(=O)sc2[C@@H]1c1cc([N+](=O)[O-])ccc1OCc1cccc(Cl)c1. The van der Waals surface area contributed by atoms with Gasteiger partial charge in [-0.2, -0.15) is 13.2 Å². The van der Waals surface area contributed by atoms with E-state index in [1.807, 2.05) is 6.07 Å². The Labute approximate surface area is 283 Å². The molecular formula is C33H23ClF3N3O6S2. The lowest BCUT2D eigenvalue weighted by Crippen LogP contribution is -2.42. The van der Waals surface area contributed by atoms with Gasteiger partial charge in [0.1, 0.15) is 12.4 Å². The van der Waals surface area contributed by atoms with Gasteiger partial charge in [-0.15, -0.1) is 11.8 Å². The van der Waals surface area contributed by atoms with Crippen molar-refractivity contribution in [2.24, 2.45) is 29.6 Å². The zero-order valence-corrected chi connectivity index (χ0v) is 26.9. The van der Waals surface area contributed by atoms with Gasteiger partial charge in [0.05, 0.1) is 33.0 Å². The van der Waals surface area contributed by atoms with E-state index in [9.17, 15) is 37.7 Å². The molecule has 2 saturated carbocycles. The number of rotatable bonds is 6. The first-order chi connectivity index (χ1) is 22.9. The van der Waals surface area contributed by atoms with Gasteiger partial charge in [0.15, 0.2) is 0 Å². The van der Waals surface area contributed by atoms with E-state index < -0.39 is 57.8 Å². The molecule has 9 nitrogen and oxygen atoms in total. The number of hydrogen-bond acceptors (Lipinski definition) is 8. The number of amides is 2. The van der Waals surface area contributed by atoms with E-state index in [-0.39, 0.29) is 34.3 Å². The van der Waals surface area contributed by atoms with Crippen LogP contribution in [0.15, 0.2) is 76.6 Å². The second-order valence-corrected chi connectivity index (χ2v) is 15.0.